The van der Waals surface area contributed by atoms with Crippen molar-refractivity contribution in [1.29, 1.82) is 0 Å². The lowest BCUT2D eigenvalue weighted by atomic mass is 10.3. The molecule has 0 unspecified atom stereocenters. The monoisotopic (exact) mass is 191 g/mol. The SMILES string of the molecule is O=[13C](O)c1cccc(Cl)c1Cl. The van der Waals surface area contributed by atoms with Gasteiger partial charge in [0.15, 0.2) is 0 Å². The van der Waals surface area contributed by atoms with Crippen molar-refractivity contribution in [2.24, 2.45) is 0 Å². The van der Waals surface area contributed by atoms with Gasteiger partial charge in [-0.05, 0) is 12.1 Å². The highest BCUT2D eigenvalue weighted by Gasteiger charge is 2.09. The maximum atomic E-state index is 10.4. The molecule has 0 saturated carbocycles. The lowest BCUT2D eigenvalue weighted by Crippen LogP contribution is -1.96. The van der Waals surface area contributed by atoms with Crippen molar-refractivity contribution in [3.8, 4) is 0 Å². The van der Waals surface area contributed by atoms with Crippen LogP contribution in [-0.2, 0) is 0 Å². The van der Waals surface area contributed by atoms with Gasteiger partial charge in [-0.15, -0.1) is 0 Å². The van der Waals surface area contributed by atoms with Crippen LogP contribution in [0.5, 0.6) is 0 Å². The second-order valence-corrected chi connectivity index (χ2v) is 2.69. The molecule has 1 rings (SSSR count). The number of hydrogen-bond acceptors (Lipinski definition) is 1. The van der Waals surface area contributed by atoms with E-state index in [1.807, 2.05) is 0 Å². The van der Waals surface area contributed by atoms with E-state index in [-0.39, 0.29) is 15.6 Å². The molecule has 4 heteroatoms. The summed E-state index contributed by atoms with van der Waals surface area (Å²) in [7, 11) is 0. The number of halogens is 2. The second kappa shape index (κ2) is 3.11. The third-order valence-corrected chi connectivity index (χ3v) is 2.00. The third kappa shape index (κ3) is 1.64. The molecule has 0 aromatic heterocycles. The van der Waals surface area contributed by atoms with Crippen LogP contribution in [-0.4, -0.2) is 11.1 Å². The van der Waals surface area contributed by atoms with Crippen LogP contribution in [0.25, 0.3) is 0 Å². The molecular weight excluding hydrogens is 188 g/mol. The van der Waals surface area contributed by atoms with E-state index in [0.717, 1.165) is 0 Å². The number of carboxylic acid groups (broad SMARTS) is 1. The second-order valence-electron chi connectivity index (χ2n) is 1.91. The van der Waals surface area contributed by atoms with Crippen molar-refractivity contribution in [3.63, 3.8) is 0 Å². The van der Waals surface area contributed by atoms with Crippen LogP contribution in [0.2, 0.25) is 10.0 Å². The van der Waals surface area contributed by atoms with Gasteiger partial charge in [-0.2, -0.15) is 0 Å². The predicted octanol–water partition coefficient (Wildman–Crippen LogP) is 2.69. The largest absolute Gasteiger partial charge is 0.478 e. The number of rotatable bonds is 1. The first kappa shape index (κ1) is 8.37. The van der Waals surface area contributed by atoms with E-state index in [4.69, 9.17) is 28.3 Å². The Balaban J connectivity index is 3.27. The normalized spacial score (nSPS) is 9.64. The van der Waals surface area contributed by atoms with Crippen LogP contribution < -0.4 is 0 Å². The lowest BCUT2D eigenvalue weighted by molar-refractivity contribution is 0.0697. The molecule has 1 aromatic rings. The van der Waals surface area contributed by atoms with E-state index in [1.165, 1.54) is 18.2 Å². The number of aromatic carboxylic acids is 1. The molecule has 0 saturated heterocycles. The fraction of sp³-hybridized carbons (Fsp3) is 0. The smallest absolute Gasteiger partial charge is 0.337 e. The molecule has 1 aromatic carbocycles. The Bertz CT molecular complexity index is 296. The maximum absolute atomic E-state index is 10.4. The third-order valence-electron chi connectivity index (χ3n) is 1.18. The van der Waals surface area contributed by atoms with Gasteiger partial charge < -0.3 is 5.11 Å². The van der Waals surface area contributed by atoms with Crippen molar-refractivity contribution < 1.29 is 9.90 Å². The summed E-state index contributed by atoms with van der Waals surface area (Å²) in [6, 6.07) is 4.48. The van der Waals surface area contributed by atoms with E-state index in [0.29, 0.717) is 0 Å². The highest BCUT2D eigenvalue weighted by molar-refractivity contribution is 6.43. The molecule has 0 spiro atoms. The Morgan fingerprint density at radius 1 is 1.36 bits per heavy atom. The van der Waals surface area contributed by atoms with Gasteiger partial charge in [-0.3, -0.25) is 0 Å². The molecule has 0 aliphatic carbocycles. The fourth-order valence-corrected chi connectivity index (χ4v) is 1.05. The zero-order valence-corrected chi connectivity index (χ0v) is 6.86. The summed E-state index contributed by atoms with van der Waals surface area (Å²) in [6.07, 6.45) is 0. The Labute approximate surface area is 73.4 Å². The van der Waals surface area contributed by atoms with Crippen molar-refractivity contribution in [2.45, 2.75) is 0 Å². The molecule has 1 N–H and O–H groups in total. The molecule has 11 heavy (non-hydrogen) atoms. The number of carbonyl (C=O) groups is 1. The average molecular weight is 192 g/mol. The van der Waals surface area contributed by atoms with Gasteiger partial charge in [-0.25, -0.2) is 4.79 Å². The van der Waals surface area contributed by atoms with Gasteiger partial charge in [0.1, 0.15) is 0 Å². The zero-order valence-electron chi connectivity index (χ0n) is 5.34. The van der Waals surface area contributed by atoms with E-state index in [2.05, 4.69) is 0 Å². The first-order valence-electron chi connectivity index (χ1n) is 2.80. The van der Waals surface area contributed by atoms with Crippen LogP contribution in [0.15, 0.2) is 18.2 Å². The van der Waals surface area contributed by atoms with Gasteiger partial charge in [0, 0.05) is 0 Å². The Hall–Kier alpha value is -0.730. The lowest BCUT2D eigenvalue weighted by Gasteiger charge is -1.98. The van der Waals surface area contributed by atoms with Gasteiger partial charge >= 0.3 is 5.97 Å². The van der Waals surface area contributed by atoms with Crippen molar-refractivity contribution >= 4 is 29.2 Å². The summed E-state index contributed by atoms with van der Waals surface area (Å²) < 4.78 is 0. The summed E-state index contributed by atoms with van der Waals surface area (Å²) in [5, 5.41) is 8.89. The zero-order chi connectivity index (χ0) is 8.43. The molecule has 0 amide bonds. The van der Waals surface area contributed by atoms with Crippen molar-refractivity contribution in [3.05, 3.63) is 33.8 Å². The summed E-state index contributed by atoms with van der Waals surface area (Å²) in [6.45, 7) is 0. The average Bonchev–Trinajstić information content (AvgIpc) is 1.94. The number of benzene rings is 1. The van der Waals surface area contributed by atoms with Gasteiger partial charge in [0.05, 0.1) is 15.6 Å². The fourth-order valence-electron chi connectivity index (χ4n) is 0.669. The molecule has 0 fully saturated rings. The van der Waals surface area contributed by atoms with Crippen molar-refractivity contribution in [1.82, 2.24) is 0 Å². The first-order chi connectivity index (χ1) is 5.13. The summed E-state index contributed by atoms with van der Waals surface area (Å²) in [5.41, 5.74) is 0.0270. The van der Waals surface area contributed by atoms with Crippen molar-refractivity contribution in [2.75, 3.05) is 0 Å². The van der Waals surface area contributed by atoms with Crippen LogP contribution >= 0.6 is 23.2 Å². The Morgan fingerprint density at radius 2 is 2.00 bits per heavy atom. The van der Waals surface area contributed by atoms with Crippen LogP contribution in [0, 0.1) is 0 Å². The standard InChI is InChI=1S/C7H4Cl2O2/c8-5-3-1-2-4(6(5)9)7(10)11/h1-3H,(H,10,11)/i7+1. The van der Waals surface area contributed by atoms with Crippen LogP contribution in [0.1, 0.15) is 10.4 Å². The summed E-state index contributed by atoms with van der Waals surface area (Å²) in [4.78, 5) is 10.4. The highest BCUT2D eigenvalue weighted by Crippen LogP contribution is 2.25. The van der Waals surface area contributed by atoms with Gasteiger partial charge in [0.25, 0.3) is 0 Å². The maximum Gasteiger partial charge on any atom is 0.337 e. The molecule has 58 valence electrons. The minimum Gasteiger partial charge on any atom is -0.478 e. The van der Waals surface area contributed by atoms with E-state index in [1.54, 1.807) is 0 Å². The summed E-state index contributed by atoms with van der Waals surface area (Å²) >= 11 is 11.1. The van der Waals surface area contributed by atoms with Crippen LogP contribution in [0.4, 0.5) is 0 Å². The number of hydrogen-bond donors (Lipinski definition) is 1. The molecule has 0 radical (unpaired) electrons. The number of carboxylic acids is 1. The van der Waals surface area contributed by atoms with E-state index < -0.39 is 5.97 Å². The topological polar surface area (TPSA) is 37.3 Å². The molecule has 0 aliphatic rings. The van der Waals surface area contributed by atoms with E-state index >= 15 is 0 Å². The first-order valence-corrected chi connectivity index (χ1v) is 3.56. The molecule has 2 nitrogen and oxygen atoms in total. The minimum absolute atomic E-state index is 0.0270. The minimum atomic E-state index is -1.07. The summed E-state index contributed by atoms with van der Waals surface area (Å²) in [5.74, 6) is -1.07. The molecule has 0 atom stereocenters. The molecule has 0 heterocycles. The molecule has 0 bridgehead atoms. The quantitative estimate of drug-likeness (QED) is 0.694. The molecule has 0 aliphatic heterocycles. The highest BCUT2D eigenvalue weighted by atomic mass is 35.5. The van der Waals surface area contributed by atoms with Crippen LogP contribution in [0.3, 0.4) is 0 Å². The Morgan fingerprint density at radius 3 is 2.45 bits per heavy atom. The van der Waals surface area contributed by atoms with Gasteiger partial charge in [-0.1, -0.05) is 29.3 Å². The predicted molar refractivity (Wildman–Crippen MR) is 43.4 cm³/mol. The Kier molecular flexibility index (Phi) is 2.37. The molecular formula is C7H4Cl2O2. The van der Waals surface area contributed by atoms with Gasteiger partial charge in [0.2, 0.25) is 0 Å². The van der Waals surface area contributed by atoms with E-state index in [9.17, 15) is 4.79 Å².